The fourth-order valence-electron chi connectivity index (χ4n) is 3.24. The summed E-state index contributed by atoms with van der Waals surface area (Å²) in [4.78, 5) is 0. The van der Waals surface area contributed by atoms with Gasteiger partial charge in [0, 0.05) is 11.8 Å². The highest BCUT2D eigenvalue weighted by Gasteiger charge is 2.25. The summed E-state index contributed by atoms with van der Waals surface area (Å²) in [6, 6.07) is 0.516. The summed E-state index contributed by atoms with van der Waals surface area (Å²) in [7, 11) is -2.82. The molecule has 0 heterocycles. The summed E-state index contributed by atoms with van der Waals surface area (Å²) in [6.45, 7) is 7.35. The van der Waals surface area contributed by atoms with Crippen LogP contribution in [0.1, 0.15) is 65.7 Å². The van der Waals surface area contributed by atoms with Crippen molar-refractivity contribution >= 4 is 9.84 Å². The maximum absolute atomic E-state index is 11.9. The van der Waals surface area contributed by atoms with Gasteiger partial charge < -0.3 is 5.32 Å². The first-order chi connectivity index (χ1) is 9.44. The number of rotatable bonds is 8. The Morgan fingerprint density at radius 1 is 1.05 bits per heavy atom. The van der Waals surface area contributed by atoms with Crippen LogP contribution in [0.25, 0.3) is 0 Å². The van der Waals surface area contributed by atoms with Gasteiger partial charge in [-0.25, -0.2) is 8.42 Å². The molecule has 0 aromatic heterocycles. The molecule has 2 unspecified atom stereocenters. The predicted octanol–water partition coefficient (Wildman–Crippen LogP) is 3.40. The first-order valence-corrected chi connectivity index (χ1v) is 10.2. The molecular formula is C16H33NO2S. The molecule has 0 spiro atoms. The fraction of sp³-hybridized carbons (Fsp3) is 1.00. The van der Waals surface area contributed by atoms with E-state index in [1.165, 1.54) is 32.1 Å². The second kappa shape index (κ2) is 9.04. The molecule has 1 rings (SSSR count). The lowest BCUT2D eigenvalue weighted by Crippen LogP contribution is -2.33. The van der Waals surface area contributed by atoms with Crippen LogP contribution < -0.4 is 5.32 Å². The summed E-state index contributed by atoms with van der Waals surface area (Å²) in [6.07, 6.45) is 7.98. The summed E-state index contributed by atoms with van der Waals surface area (Å²) in [5, 5.41) is 3.55. The second-order valence-electron chi connectivity index (χ2n) is 6.66. The number of hydrogen-bond acceptors (Lipinski definition) is 3. The van der Waals surface area contributed by atoms with Gasteiger partial charge in [-0.15, -0.1) is 0 Å². The van der Waals surface area contributed by atoms with E-state index in [0.29, 0.717) is 29.4 Å². The predicted molar refractivity (Wildman–Crippen MR) is 86.8 cm³/mol. The standard InChI is InChI=1S/C16H33NO2S/c1-4-11-20(18,19)12-10-15-8-6-5-7-9-16(15)13-17-14(2)3/h14-17H,4-13H2,1-3H3. The molecule has 1 N–H and O–H groups in total. The van der Waals surface area contributed by atoms with Crippen molar-refractivity contribution in [3.05, 3.63) is 0 Å². The third-order valence-corrected chi connectivity index (χ3v) is 6.31. The van der Waals surface area contributed by atoms with Crippen molar-refractivity contribution in [3.63, 3.8) is 0 Å². The van der Waals surface area contributed by atoms with Crippen LogP contribution in [0.2, 0.25) is 0 Å². The van der Waals surface area contributed by atoms with E-state index in [1.807, 2.05) is 6.92 Å². The second-order valence-corrected chi connectivity index (χ2v) is 8.97. The molecule has 1 saturated carbocycles. The summed E-state index contributed by atoms with van der Waals surface area (Å²) in [5.74, 6) is 2.00. The molecule has 4 heteroatoms. The topological polar surface area (TPSA) is 46.2 Å². The molecule has 3 nitrogen and oxygen atoms in total. The quantitative estimate of drug-likeness (QED) is 0.699. The minimum Gasteiger partial charge on any atom is -0.314 e. The molecule has 0 bridgehead atoms. The van der Waals surface area contributed by atoms with Gasteiger partial charge in [-0.2, -0.15) is 0 Å². The van der Waals surface area contributed by atoms with E-state index in [2.05, 4.69) is 19.2 Å². The molecule has 0 aromatic rings. The fourth-order valence-corrected chi connectivity index (χ4v) is 4.73. The molecule has 1 aliphatic rings. The zero-order valence-corrected chi connectivity index (χ0v) is 14.3. The maximum atomic E-state index is 11.9. The van der Waals surface area contributed by atoms with Crippen molar-refractivity contribution in [2.24, 2.45) is 11.8 Å². The van der Waals surface area contributed by atoms with Crippen molar-refractivity contribution < 1.29 is 8.42 Å². The zero-order chi connectivity index (χ0) is 15.0. The van der Waals surface area contributed by atoms with Gasteiger partial charge >= 0.3 is 0 Å². The summed E-state index contributed by atoms with van der Waals surface area (Å²) in [5.41, 5.74) is 0. The zero-order valence-electron chi connectivity index (χ0n) is 13.5. The van der Waals surface area contributed by atoms with Gasteiger partial charge in [0.15, 0.2) is 0 Å². The average Bonchev–Trinajstić information content (AvgIpc) is 2.59. The average molecular weight is 304 g/mol. The van der Waals surface area contributed by atoms with Gasteiger partial charge in [0.25, 0.3) is 0 Å². The van der Waals surface area contributed by atoms with E-state index in [0.717, 1.165) is 19.4 Å². The highest BCUT2D eigenvalue weighted by Crippen LogP contribution is 2.31. The van der Waals surface area contributed by atoms with Crippen LogP contribution in [0, 0.1) is 11.8 Å². The molecule has 0 radical (unpaired) electrons. The lowest BCUT2D eigenvalue weighted by Gasteiger charge is -2.26. The monoisotopic (exact) mass is 303 g/mol. The van der Waals surface area contributed by atoms with Crippen molar-refractivity contribution in [1.82, 2.24) is 5.32 Å². The van der Waals surface area contributed by atoms with Crippen molar-refractivity contribution in [2.45, 2.75) is 71.8 Å². The molecule has 20 heavy (non-hydrogen) atoms. The van der Waals surface area contributed by atoms with E-state index in [9.17, 15) is 8.42 Å². The third kappa shape index (κ3) is 7.07. The normalized spacial score (nSPS) is 24.8. The molecule has 2 atom stereocenters. The van der Waals surface area contributed by atoms with Crippen LogP contribution in [-0.2, 0) is 9.84 Å². The molecule has 0 aromatic carbocycles. The first-order valence-electron chi connectivity index (χ1n) is 8.38. The lowest BCUT2D eigenvalue weighted by molar-refractivity contribution is 0.286. The highest BCUT2D eigenvalue weighted by atomic mass is 32.2. The number of hydrogen-bond donors (Lipinski definition) is 1. The van der Waals surface area contributed by atoms with Crippen molar-refractivity contribution in [2.75, 3.05) is 18.1 Å². The van der Waals surface area contributed by atoms with Gasteiger partial charge in [0.1, 0.15) is 9.84 Å². The number of nitrogens with one attached hydrogen (secondary N) is 1. The Hall–Kier alpha value is -0.0900. The Labute approximate surface area is 125 Å². The molecule has 1 aliphatic carbocycles. The Bertz CT molecular complexity index is 351. The van der Waals surface area contributed by atoms with Gasteiger partial charge in [-0.3, -0.25) is 0 Å². The van der Waals surface area contributed by atoms with E-state index in [-0.39, 0.29) is 0 Å². The molecule has 0 saturated heterocycles. The van der Waals surface area contributed by atoms with Gasteiger partial charge in [-0.1, -0.05) is 46.5 Å². The smallest absolute Gasteiger partial charge is 0.150 e. The van der Waals surface area contributed by atoms with E-state index < -0.39 is 9.84 Å². The van der Waals surface area contributed by atoms with Crippen molar-refractivity contribution in [1.29, 1.82) is 0 Å². The van der Waals surface area contributed by atoms with Crippen LogP contribution in [0.4, 0.5) is 0 Å². The lowest BCUT2D eigenvalue weighted by atomic mass is 9.86. The van der Waals surface area contributed by atoms with Crippen molar-refractivity contribution in [3.8, 4) is 0 Å². The van der Waals surface area contributed by atoms with Crippen LogP contribution in [-0.4, -0.2) is 32.5 Å². The third-order valence-electron chi connectivity index (χ3n) is 4.42. The van der Waals surface area contributed by atoms with Gasteiger partial charge in [-0.05, 0) is 37.6 Å². The Kier molecular flexibility index (Phi) is 8.11. The minimum absolute atomic E-state index is 0.356. The summed E-state index contributed by atoms with van der Waals surface area (Å²) < 4.78 is 23.8. The van der Waals surface area contributed by atoms with E-state index in [4.69, 9.17) is 0 Å². The Morgan fingerprint density at radius 3 is 2.30 bits per heavy atom. The molecular weight excluding hydrogens is 270 g/mol. The number of sulfone groups is 1. The van der Waals surface area contributed by atoms with Crippen LogP contribution >= 0.6 is 0 Å². The molecule has 0 amide bonds. The van der Waals surface area contributed by atoms with Crippen LogP contribution in [0.5, 0.6) is 0 Å². The van der Waals surface area contributed by atoms with Crippen LogP contribution in [0.3, 0.4) is 0 Å². The largest absolute Gasteiger partial charge is 0.314 e. The summed E-state index contributed by atoms with van der Waals surface area (Å²) >= 11 is 0. The molecule has 1 fully saturated rings. The Balaban J connectivity index is 2.52. The maximum Gasteiger partial charge on any atom is 0.150 e. The molecule has 120 valence electrons. The first kappa shape index (κ1) is 18.0. The minimum atomic E-state index is -2.82. The van der Waals surface area contributed by atoms with Gasteiger partial charge in [0.05, 0.1) is 5.75 Å². The van der Waals surface area contributed by atoms with Gasteiger partial charge in [0.2, 0.25) is 0 Å². The highest BCUT2D eigenvalue weighted by molar-refractivity contribution is 7.91. The molecule has 0 aliphatic heterocycles. The van der Waals surface area contributed by atoms with E-state index >= 15 is 0 Å². The SMILES string of the molecule is CCCS(=O)(=O)CCC1CCCCCC1CNC(C)C. The van der Waals surface area contributed by atoms with E-state index in [1.54, 1.807) is 0 Å². The van der Waals surface area contributed by atoms with Crippen LogP contribution in [0.15, 0.2) is 0 Å². The Morgan fingerprint density at radius 2 is 1.70 bits per heavy atom.